The van der Waals surface area contributed by atoms with E-state index in [-0.39, 0.29) is 11.6 Å². The van der Waals surface area contributed by atoms with Crippen LogP contribution in [0, 0.1) is 6.92 Å². The van der Waals surface area contributed by atoms with Gasteiger partial charge in [-0.15, -0.1) is 0 Å². The molecule has 0 aliphatic rings. The quantitative estimate of drug-likeness (QED) is 0.333. The van der Waals surface area contributed by atoms with Gasteiger partial charge in [0.2, 0.25) is 0 Å². The lowest BCUT2D eigenvalue weighted by molar-refractivity contribution is 0.156. The topological polar surface area (TPSA) is 53.4 Å². The van der Waals surface area contributed by atoms with Crippen molar-refractivity contribution in [2.24, 2.45) is 0 Å². The number of benzene rings is 2. The molecule has 0 amide bonds. The fourth-order valence-electron chi connectivity index (χ4n) is 2.86. The lowest BCUT2D eigenvalue weighted by atomic mass is 10.2. The van der Waals surface area contributed by atoms with Crippen LogP contribution in [-0.4, -0.2) is 35.6 Å². The summed E-state index contributed by atoms with van der Waals surface area (Å²) >= 11 is 1.52. The summed E-state index contributed by atoms with van der Waals surface area (Å²) in [5, 5.41) is 1.32. The molecule has 1 aromatic heterocycles. The van der Waals surface area contributed by atoms with Gasteiger partial charge in [-0.1, -0.05) is 41.6 Å². The fraction of sp³-hybridized carbons (Fsp3) is 0.333. The average molecular weight is 385 g/mol. The molecule has 27 heavy (non-hydrogen) atoms. The van der Waals surface area contributed by atoms with E-state index >= 15 is 0 Å². The molecule has 0 aliphatic carbocycles. The van der Waals surface area contributed by atoms with Crippen LogP contribution in [0.4, 0.5) is 0 Å². The van der Waals surface area contributed by atoms with Crippen LogP contribution in [0.1, 0.15) is 18.5 Å². The van der Waals surface area contributed by atoms with Crippen LogP contribution in [0.3, 0.4) is 0 Å². The maximum Gasteiger partial charge on any atom is 0.262 e. The van der Waals surface area contributed by atoms with Crippen molar-refractivity contribution < 1.29 is 9.47 Å². The van der Waals surface area contributed by atoms with Crippen molar-refractivity contribution in [1.82, 2.24) is 9.55 Å². The van der Waals surface area contributed by atoms with E-state index in [4.69, 9.17) is 14.5 Å². The van der Waals surface area contributed by atoms with E-state index < -0.39 is 0 Å². The first kappa shape index (κ1) is 19.5. The molecule has 3 rings (SSSR count). The third-order valence-electron chi connectivity index (χ3n) is 4.23. The van der Waals surface area contributed by atoms with E-state index in [1.165, 1.54) is 17.3 Å². The van der Waals surface area contributed by atoms with Crippen molar-refractivity contribution in [3.63, 3.8) is 0 Å². The second-order valence-electron chi connectivity index (χ2n) is 6.40. The van der Waals surface area contributed by atoms with Gasteiger partial charge in [-0.3, -0.25) is 9.36 Å². The Kier molecular flexibility index (Phi) is 6.53. The maximum absolute atomic E-state index is 13.0. The number of aryl methyl sites for hydroxylation is 1. The highest BCUT2D eigenvalue weighted by Crippen LogP contribution is 2.21. The molecule has 0 saturated carbocycles. The van der Waals surface area contributed by atoms with E-state index in [2.05, 4.69) is 0 Å². The number of ether oxygens (including phenoxy) is 2. The second kappa shape index (κ2) is 9.06. The lowest BCUT2D eigenvalue weighted by Crippen LogP contribution is -2.28. The van der Waals surface area contributed by atoms with Crippen LogP contribution >= 0.6 is 11.8 Å². The van der Waals surface area contributed by atoms with Gasteiger partial charge < -0.3 is 9.47 Å². The number of thioether (sulfide) groups is 1. The zero-order valence-electron chi connectivity index (χ0n) is 15.8. The van der Waals surface area contributed by atoms with E-state index in [9.17, 15) is 4.79 Å². The predicted octanol–water partition coefficient (Wildman–Crippen LogP) is 4.08. The summed E-state index contributed by atoms with van der Waals surface area (Å²) < 4.78 is 12.8. The number of para-hydroxylation sites is 1. The van der Waals surface area contributed by atoms with Gasteiger partial charge in [0.25, 0.3) is 5.56 Å². The Labute approximate surface area is 163 Å². The zero-order valence-corrected chi connectivity index (χ0v) is 16.7. The Morgan fingerprint density at radius 3 is 2.63 bits per heavy atom. The standard InChI is InChI=1S/C21H24N2O3S/c1-15-8-10-17(11-9-15)26-12-13-27-21-22-19-7-5-4-6-18(19)20(24)23(21)16(2)14-25-3/h4-11,16H,12-14H2,1-3H3/t16-/m0/s1. The largest absolute Gasteiger partial charge is 0.493 e. The van der Waals surface area contributed by atoms with Gasteiger partial charge in [-0.2, -0.15) is 0 Å². The van der Waals surface area contributed by atoms with Crippen molar-refractivity contribution in [2.45, 2.75) is 25.0 Å². The minimum Gasteiger partial charge on any atom is -0.493 e. The number of hydrogen-bond donors (Lipinski definition) is 0. The molecule has 142 valence electrons. The summed E-state index contributed by atoms with van der Waals surface area (Å²) in [7, 11) is 1.64. The Morgan fingerprint density at radius 1 is 1.15 bits per heavy atom. The van der Waals surface area contributed by atoms with Crippen LogP contribution in [0.15, 0.2) is 58.5 Å². The van der Waals surface area contributed by atoms with E-state index in [0.717, 1.165) is 5.75 Å². The normalized spacial score (nSPS) is 12.3. The van der Waals surface area contributed by atoms with Gasteiger partial charge in [0.15, 0.2) is 5.16 Å². The molecule has 5 nitrogen and oxygen atoms in total. The summed E-state index contributed by atoms with van der Waals surface area (Å²) in [5.74, 6) is 1.54. The molecule has 0 saturated heterocycles. The molecule has 0 N–H and O–H groups in total. The van der Waals surface area contributed by atoms with Gasteiger partial charge in [-0.05, 0) is 38.1 Å². The minimum absolute atomic E-state index is 0.0351. The smallest absolute Gasteiger partial charge is 0.262 e. The van der Waals surface area contributed by atoms with Crippen molar-refractivity contribution >= 4 is 22.7 Å². The van der Waals surface area contributed by atoms with E-state index in [1.807, 2.05) is 62.4 Å². The molecular weight excluding hydrogens is 360 g/mol. The summed E-state index contributed by atoms with van der Waals surface area (Å²) in [4.78, 5) is 17.7. The van der Waals surface area contributed by atoms with Crippen LogP contribution in [0.2, 0.25) is 0 Å². The third-order valence-corrected chi connectivity index (χ3v) is 5.15. The monoisotopic (exact) mass is 384 g/mol. The van der Waals surface area contributed by atoms with Gasteiger partial charge in [0.05, 0.1) is 30.2 Å². The molecule has 0 bridgehead atoms. The van der Waals surface area contributed by atoms with Crippen LogP contribution in [-0.2, 0) is 4.74 Å². The number of nitrogens with zero attached hydrogens (tertiary/aromatic N) is 2. The summed E-state index contributed by atoms with van der Waals surface area (Å²) in [6.45, 7) is 5.00. The Hall–Kier alpha value is -2.31. The highest BCUT2D eigenvalue weighted by Gasteiger charge is 2.16. The number of fused-ring (bicyclic) bond motifs is 1. The Balaban J connectivity index is 1.78. The molecule has 0 radical (unpaired) electrons. The number of aromatic nitrogens is 2. The molecule has 1 heterocycles. The highest BCUT2D eigenvalue weighted by atomic mass is 32.2. The van der Waals surface area contributed by atoms with Crippen molar-refractivity contribution in [2.75, 3.05) is 26.1 Å². The van der Waals surface area contributed by atoms with Crippen LogP contribution in [0.5, 0.6) is 5.75 Å². The Bertz CT molecular complexity index is 954. The minimum atomic E-state index is -0.0971. The van der Waals surface area contributed by atoms with E-state index in [1.54, 1.807) is 11.7 Å². The Morgan fingerprint density at radius 2 is 1.89 bits per heavy atom. The highest BCUT2D eigenvalue weighted by molar-refractivity contribution is 7.99. The third kappa shape index (κ3) is 4.70. The molecule has 1 atom stereocenters. The summed E-state index contributed by atoms with van der Waals surface area (Å²) in [6.07, 6.45) is 0. The lowest BCUT2D eigenvalue weighted by Gasteiger charge is -2.19. The first-order chi connectivity index (χ1) is 13.1. The fourth-order valence-corrected chi connectivity index (χ4v) is 3.77. The van der Waals surface area contributed by atoms with Crippen LogP contribution in [0.25, 0.3) is 10.9 Å². The zero-order chi connectivity index (χ0) is 19.2. The summed E-state index contributed by atoms with van der Waals surface area (Å²) in [5.41, 5.74) is 1.88. The van der Waals surface area contributed by atoms with Crippen LogP contribution < -0.4 is 10.3 Å². The van der Waals surface area contributed by atoms with E-state index in [0.29, 0.717) is 35.0 Å². The molecule has 0 fully saturated rings. The average Bonchev–Trinajstić information content (AvgIpc) is 2.67. The van der Waals surface area contributed by atoms with Gasteiger partial charge in [0, 0.05) is 12.9 Å². The molecule has 2 aromatic carbocycles. The van der Waals surface area contributed by atoms with Gasteiger partial charge in [-0.25, -0.2) is 4.98 Å². The molecule has 0 spiro atoms. The summed E-state index contributed by atoms with van der Waals surface area (Å²) in [6, 6.07) is 15.3. The molecule has 6 heteroatoms. The molecule has 0 unspecified atom stereocenters. The number of hydrogen-bond acceptors (Lipinski definition) is 5. The first-order valence-electron chi connectivity index (χ1n) is 8.92. The predicted molar refractivity (Wildman–Crippen MR) is 110 cm³/mol. The second-order valence-corrected chi connectivity index (χ2v) is 7.46. The van der Waals surface area contributed by atoms with Crippen molar-refractivity contribution in [3.8, 4) is 5.75 Å². The number of rotatable bonds is 8. The van der Waals surface area contributed by atoms with Crippen molar-refractivity contribution in [1.29, 1.82) is 0 Å². The SMILES string of the molecule is COC[C@H](C)n1c(SCCOc2ccc(C)cc2)nc2ccccc2c1=O. The molecular formula is C21H24N2O3S. The molecule has 3 aromatic rings. The molecule has 0 aliphatic heterocycles. The van der Waals surface area contributed by atoms with Gasteiger partial charge >= 0.3 is 0 Å². The number of methoxy groups -OCH3 is 1. The van der Waals surface area contributed by atoms with Gasteiger partial charge in [0.1, 0.15) is 5.75 Å². The first-order valence-corrected chi connectivity index (χ1v) is 9.91. The maximum atomic E-state index is 13.0. The van der Waals surface area contributed by atoms with Crippen molar-refractivity contribution in [3.05, 3.63) is 64.4 Å².